The van der Waals surface area contributed by atoms with Gasteiger partial charge in [0.05, 0.1) is 0 Å². The molecule has 0 aliphatic heterocycles. The molecule has 0 spiro atoms. The Morgan fingerprint density at radius 3 is 2.73 bits per heavy atom. The highest BCUT2D eigenvalue weighted by Crippen LogP contribution is 2.09. The summed E-state index contributed by atoms with van der Waals surface area (Å²) in [5.74, 6) is 0. The largest absolute Gasteiger partial charge is 0.312 e. The maximum Gasteiger partial charge on any atom is 0.0205 e. The number of benzene rings is 1. The summed E-state index contributed by atoms with van der Waals surface area (Å²) in [4.78, 5) is 0. The fraction of sp³-hybridized carbons (Fsp3) is 0.286. The first-order valence-corrected chi connectivity index (χ1v) is 5.39. The summed E-state index contributed by atoms with van der Waals surface area (Å²) in [5, 5.41) is 3.37. The van der Waals surface area contributed by atoms with Gasteiger partial charge in [-0.3, -0.25) is 0 Å². The van der Waals surface area contributed by atoms with Crippen LogP contribution < -0.4 is 5.32 Å². The molecule has 15 heavy (non-hydrogen) atoms. The van der Waals surface area contributed by atoms with Crippen LogP contribution in [0.25, 0.3) is 5.57 Å². The number of allylic oxidation sites excluding steroid dienone is 1. The van der Waals surface area contributed by atoms with E-state index in [1.807, 2.05) is 25.1 Å². The highest BCUT2D eigenvalue weighted by molar-refractivity contribution is 5.64. The topological polar surface area (TPSA) is 12.0 Å². The van der Waals surface area contributed by atoms with Crippen molar-refractivity contribution in [1.82, 2.24) is 5.32 Å². The van der Waals surface area contributed by atoms with Crippen LogP contribution in [0.15, 0.2) is 49.1 Å². The average molecular weight is 201 g/mol. The maximum absolute atomic E-state index is 4.06. The first-order chi connectivity index (χ1) is 7.34. The summed E-state index contributed by atoms with van der Waals surface area (Å²) in [6, 6.07) is 10.3. The highest BCUT2D eigenvalue weighted by Gasteiger charge is 1.95. The zero-order chi connectivity index (χ0) is 10.9. The lowest BCUT2D eigenvalue weighted by Gasteiger charge is -2.06. The second kappa shape index (κ2) is 7.02. The molecule has 0 aromatic heterocycles. The van der Waals surface area contributed by atoms with E-state index in [1.54, 1.807) is 0 Å². The van der Waals surface area contributed by atoms with Crippen molar-refractivity contribution >= 4 is 5.57 Å². The van der Waals surface area contributed by atoms with Crippen LogP contribution in [-0.4, -0.2) is 13.1 Å². The molecule has 1 rings (SSSR count). The molecule has 0 heterocycles. The Bertz CT molecular complexity index is 311. The molecule has 0 bridgehead atoms. The Labute approximate surface area is 92.5 Å². The molecule has 1 heteroatoms. The molecule has 0 fully saturated rings. The van der Waals surface area contributed by atoms with Crippen LogP contribution in [0.3, 0.4) is 0 Å². The molecule has 0 radical (unpaired) electrons. The fourth-order valence-corrected chi connectivity index (χ4v) is 1.37. The van der Waals surface area contributed by atoms with Crippen molar-refractivity contribution in [3.05, 3.63) is 54.6 Å². The lowest BCUT2D eigenvalue weighted by atomic mass is 10.1. The molecule has 1 nitrogen and oxygen atoms in total. The van der Waals surface area contributed by atoms with Crippen LogP contribution in [0.1, 0.15) is 18.9 Å². The van der Waals surface area contributed by atoms with E-state index in [2.05, 4.69) is 36.2 Å². The summed E-state index contributed by atoms with van der Waals surface area (Å²) >= 11 is 0. The van der Waals surface area contributed by atoms with E-state index < -0.39 is 0 Å². The lowest BCUT2D eigenvalue weighted by molar-refractivity contribution is 0.763. The molecule has 0 aliphatic carbocycles. The van der Waals surface area contributed by atoms with Gasteiger partial charge in [-0.05, 0) is 31.0 Å². The van der Waals surface area contributed by atoms with Crippen LogP contribution in [0.4, 0.5) is 0 Å². The SMILES string of the molecule is C=C(CNCC/C=C/C)c1ccccc1. The van der Waals surface area contributed by atoms with Gasteiger partial charge < -0.3 is 5.32 Å². The minimum Gasteiger partial charge on any atom is -0.312 e. The van der Waals surface area contributed by atoms with Gasteiger partial charge in [-0.2, -0.15) is 0 Å². The minimum atomic E-state index is 0.863. The van der Waals surface area contributed by atoms with E-state index in [-0.39, 0.29) is 0 Å². The molecule has 0 aliphatic rings. The summed E-state index contributed by atoms with van der Waals surface area (Å²) < 4.78 is 0. The van der Waals surface area contributed by atoms with Crippen molar-refractivity contribution < 1.29 is 0 Å². The zero-order valence-corrected chi connectivity index (χ0v) is 9.37. The number of nitrogens with one attached hydrogen (secondary N) is 1. The first-order valence-electron chi connectivity index (χ1n) is 5.39. The highest BCUT2D eigenvalue weighted by atomic mass is 14.8. The van der Waals surface area contributed by atoms with E-state index in [4.69, 9.17) is 0 Å². The monoisotopic (exact) mass is 201 g/mol. The van der Waals surface area contributed by atoms with Crippen LogP contribution >= 0.6 is 0 Å². The Kier molecular flexibility index (Phi) is 5.49. The van der Waals surface area contributed by atoms with Gasteiger partial charge >= 0.3 is 0 Å². The number of hydrogen-bond donors (Lipinski definition) is 1. The predicted molar refractivity (Wildman–Crippen MR) is 67.8 cm³/mol. The Morgan fingerprint density at radius 1 is 1.33 bits per heavy atom. The summed E-state index contributed by atoms with van der Waals surface area (Å²) in [6.07, 6.45) is 5.32. The Hall–Kier alpha value is -1.34. The van der Waals surface area contributed by atoms with Gasteiger partial charge in [0.25, 0.3) is 0 Å². The molecule has 1 aromatic carbocycles. The third-order valence-electron chi connectivity index (χ3n) is 2.24. The van der Waals surface area contributed by atoms with E-state index in [1.165, 1.54) is 5.56 Å². The molecule has 0 saturated carbocycles. The standard InChI is InChI=1S/C14H19N/c1-3-4-8-11-15-12-13(2)14-9-6-5-7-10-14/h3-7,9-10,15H,2,8,11-12H2,1H3/b4-3+. The quantitative estimate of drug-likeness (QED) is 0.550. The number of hydrogen-bond acceptors (Lipinski definition) is 1. The van der Waals surface area contributed by atoms with Crippen LogP contribution in [0.5, 0.6) is 0 Å². The second-order valence-corrected chi connectivity index (χ2v) is 3.50. The number of rotatable bonds is 6. The minimum absolute atomic E-state index is 0.863. The van der Waals surface area contributed by atoms with Crippen molar-refractivity contribution in [3.8, 4) is 0 Å². The van der Waals surface area contributed by atoms with Crippen molar-refractivity contribution in [2.75, 3.05) is 13.1 Å². The molecule has 0 atom stereocenters. The van der Waals surface area contributed by atoms with E-state index in [0.717, 1.165) is 25.1 Å². The van der Waals surface area contributed by atoms with Crippen molar-refractivity contribution in [2.45, 2.75) is 13.3 Å². The Morgan fingerprint density at radius 2 is 2.07 bits per heavy atom. The summed E-state index contributed by atoms with van der Waals surface area (Å²) in [7, 11) is 0. The van der Waals surface area contributed by atoms with Crippen molar-refractivity contribution in [2.24, 2.45) is 0 Å². The van der Waals surface area contributed by atoms with Gasteiger partial charge in [-0.25, -0.2) is 0 Å². The lowest BCUT2D eigenvalue weighted by Crippen LogP contribution is -2.16. The summed E-state index contributed by atoms with van der Waals surface area (Å²) in [6.45, 7) is 7.98. The third-order valence-corrected chi connectivity index (χ3v) is 2.24. The van der Waals surface area contributed by atoms with Crippen LogP contribution in [0.2, 0.25) is 0 Å². The van der Waals surface area contributed by atoms with Crippen LogP contribution in [-0.2, 0) is 0 Å². The predicted octanol–water partition coefficient (Wildman–Crippen LogP) is 3.26. The van der Waals surface area contributed by atoms with Gasteiger partial charge in [0.15, 0.2) is 0 Å². The van der Waals surface area contributed by atoms with Gasteiger partial charge in [-0.1, -0.05) is 49.1 Å². The molecular formula is C14H19N. The molecule has 1 N–H and O–H groups in total. The normalized spacial score (nSPS) is 10.7. The zero-order valence-electron chi connectivity index (χ0n) is 9.37. The molecule has 0 amide bonds. The molecular weight excluding hydrogens is 182 g/mol. The molecule has 0 saturated heterocycles. The molecule has 0 unspecified atom stereocenters. The summed E-state index contributed by atoms with van der Waals surface area (Å²) in [5.41, 5.74) is 2.37. The van der Waals surface area contributed by atoms with E-state index in [9.17, 15) is 0 Å². The Balaban J connectivity index is 2.25. The van der Waals surface area contributed by atoms with Gasteiger partial charge in [0.1, 0.15) is 0 Å². The first kappa shape index (κ1) is 11.7. The smallest absolute Gasteiger partial charge is 0.0205 e. The third kappa shape index (κ3) is 4.61. The molecule has 80 valence electrons. The van der Waals surface area contributed by atoms with Crippen molar-refractivity contribution in [3.63, 3.8) is 0 Å². The van der Waals surface area contributed by atoms with Gasteiger partial charge in [-0.15, -0.1) is 0 Å². The molecule has 1 aromatic rings. The average Bonchev–Trinajstić information content (AvgIpc) is 2.30. The van der Waals surface area contributed by atoms with E-state index >= 15 is 0 Å². The van der Waals surface area contributed by atoms with E-state index in [0.29, 0.717) is 0 Å². The van der Waals surface area contributed by atoms with Crippen molar-refractivity contribution in [1.29, 1.82) is 0 Å². The van der Waals surface area contributed by atoms with Crippen LogP contribution in [0, 0.1) is 0 Å². The fourth-order valence-electron chi connectivity index (χ4n) is 1.37. The second-order valence-electron chi connectivity index (χ2n) is 3.50. The van der Waals surface area contributed by atoms with Gasteiger partial charge in [0.2, 0.25) is 0 Å². The van der Waals surface area contributed by atoms with Gasteiger partial charge in [0, 0.05) is 6.54 Å². The maximum atomic E-state index is 4.06.